The fourth-order valence-electron chi connectivity index (χ4n) is 3.10. The van der Waals surface area contributed by atoms with Crippen LogP contribution in [0.1, 0.15) is 5.69 Å². The Bertz CT molecular complexity index is 1300. The first-order chi connectivity index (χ1) is 14.7. The van der Waals surface area contributed by atoms with Gasteiger partial charge < -0.3 is 0 Å². The van der Waals surface area contributed by atoms with E-state index in [1.165, 1.54) is 23.9 Å². The van der Waals surface area contributed by atoms with Crippen LogP contribution in [0.15, 0.2) is 78.3 Å². The Kier molecular flexibility index (Phi) is 4.72. The van der Waals surface area contributed by atoms with Gasteiger partial charge in [0.25, 0.3) is 0 Å². The zero-order valence-corrected chi connectivity index (χ0v) is 16.3. The van der Waals surface area contributed by atoms with Crippen LogP contribution in [0, 0.1) is 11.6 Å². The average molecular weight is 420 g/mol. The fraction of sp³-hybridized carbons (Fsp3) is 0.0476. The highest BCUT2D eigenvalue weighted by molar-refractivity contribution is 7.98. The molecule has 5 aromatic rings. The predicted octanol–water partition coefficient (Wildman–Crippen LogP) is 4.55. The minimum absolute atomic E-state index is 0.180. The highest BCUT2D eigenvalue weighted by Gasteiger charge is 2.19. The van der Waals surface area contributed by atoms with Gasteiger partial charge in [-0.25, -0.2) is 18.7 Å². The minimum Gasteiger partial charge on any atom is -0.291 e. The zero-order chi connectivity index (χ0) is 20.5. The van der Waals surface area contributed by atoms with Gasteiger partial charge in [0, 0.05) is 36.0 Å². The van der Waals surface area contributed by atoms with Gasteiger partial charge in [-0.15, -0.1) is 10.2 Å². The Labute approximate surface area is 174 Å². The lowest BCUT2D eigenvalue weighted by Crippen LogP contribution is -2.03. The Morgan fingerprint density at radius 3 is 2.63 bits per heavy atom. The summed E-state index contributed by atoms with van der Waals surface area (Å²) in [7, 11) is 0. The number of fused-ring (bicyclic) bond motifs is 1. The second-order valence-corrected chi connectivity index (χ2v) is 7.39. The van der Waals surface area contributed by atoms with Gasteiger partial charge in [0.1, 0.15) is 11.6 Å². The molecule has 0 N–H and O–H groups in total. The number of thioether (sulfide) groups is 1. The van der Waals surface area contributed by atoms with Gasteiger partial charge in [-0.1, -0.05) is 42.1 Å². The first-order valence-electron chi connectivity index (χ1n) is 9.07. The van der Waals surface area contributed by atoms with Crippen molar-refractivity contribution in [2.75, 3.05) is 0 Å². The quantitative estimate of drug-likeness (QED) is 0.391. The Balaban J connectivity index is 1.55. The standard InChI is InChI=1S/C21H14F2N6S/c22-15-7-8-18(17(23)11-15)29-19(14-5-2-1-3-6-14)26-27-21(29)30-13-16-12-28-10-4-9-24-20(28)25-16/h1-12H,13H2. The van der Waals surface area contributed by atoms with Crippen LogP contribution in [-0.4, -0.2) is 29.1 Å². The van der Waals surface area contributed by atoms with E-state index in [1.54, 1.807) is 10.8 Å². The molecule has 0 amide bonds. The van der Waals surface area contributed by atoms with Crippen molar-refractivity contribution in [1.82, 2.24) is 29.1 Å². The maximum Gasteiger partial charge on any atom is 0.233 e. The molecule has 3 aromatic heterocycles. The first kappa shape index (κ1) is 18.4. The number of hydrogen-bond donors (Lipinski definition) is 0. The van der Waals surface area contributed by atoms with Crippen LogP contribution in [0.3, 0.4) is 0 Å². The molecule has 5 rings (SSSR count). The second-order valence-electron chi connectivity index (χ2n) is 6.45. The summed E-state index contributed by atoms with van der Waals surface area (Å²) < 4.78 is 31.6. The van der Waals surface area contributed by atoms with E-state index in [-0.39, 0.29) is 5.69 Å². The molecule has 0 saturated heterocycles. The van der Waals surface area contributed by atoms with E-state index >= 15 is 0 Å². The summed E-state index contributed by atoms with van der Waals surface area (Å²) in [5.41, 5.74) is 1.76. The van der Waals surface area contributed by atoms with E-state index in [0.29, 0.717) is 22.5 Å². The van der Waals surface area contributed by atoms with Crippen molar-refractivity contribution in [3.63, 3.8) is 0 Å². The largest absolute Gasteiger partial charge is 0.291 e. The van der Waals surface area contributed by atoms with Crippen LogP contribution in [0.2, 0.25) is 0 Å². The van der Waals surface area contributed by atoms with E-state index in [9.17, 15) is 8.78 Å². The Hall–Kier alpha value is -3.59. The predicted molar refractivity (Wildman–Crippen MR) is 109 cm³/mol. The number of aromatic nitrogens is 6. The molecule has 148 valence electrons. The van der Waals surface area contributed by atoms with Crippen molar-refractivity contribution in [2.24, 2.45) is 0 Å². The first-order valence-corrected chi connectivity index (χ1v) is 10.1. The molecule has 0 fully saturated rings. The Morgan fingerprint density at radius 1 is 0.967 bits per heavy atom. The van der Waals surface area contributed by atoms with E-state index in [0.717, 1.165) is 17.3 Å². The molecule has 30 heavy (non-hydrogen) atoms. The molecule has 0 aliphatic rings. The maximum absolute atomic E-state index is 14.6. The molecule has 0 atom stereocenters. The number of hydrogen-bond acceptors (Lipinski definition) is 5. The lowest BCUT2D eigenvalue weighted by Gasteiger charge is -2.11. The summed E-state index contributed by atoms with van der Waals surface area (Å²) >= 11 is 1.36. The molecule has 0 aliphatic carbocycles. The van der Waals surface area contributed by atoms with Gasteiger partial charge in [-0.05, 0) is 18.2 Å². The molecular weight excluding hydrogens is 406 g/mol. The van der Waals surface area contributed by atoms with Gasteiger partial charge in [-0.3, -0.25) is 8.97 Å². The smallest absolute Gasteiger partial charge is 0.233 e. The van der Waals surface area contributed by atoms with Crippen molar-refractivity contribution in [3.8, 4) is 17.1 Å². The van der Waals surface area contributed by atoms with Crippen molar-refractivity contribution in [1.29, 1.82) is 0 Å². The molecule has 9 heteroatoms. The van der Waals surface area contributed by atoms with Gasteiger partial charge in [0.05, 0.1) is 11.4 Å². The summed E-state index contributed by atoms with van der Waals surface area (Å²) in [4.78, 5) is 8.68. The summed E-state index contributed by atoms with van der Waals surface area (Å²) in [5, 5.41) is 9.02. The van der Waals surface area contributed by atoms with Crippen LogP contribution < -0.4 is 0 Å². The van der Waals surface area contributed by atoms with Crippen molar-refractivity contribution >= 4 is 17.5 Å². The average Bonchev–Trinajstić information content (AvgIpc) is 3.36. The third kappa shape index (κ3) is 3.43. The SMILES string of the molecule is Fc1ccc(-n2c(SCc3cn4cccnc4n3)nnc2-c2ccccc2)c(F)c1. The van der Waals surface area contributed by atoms with Crippen molar-refractivity contribution in [2.45, 2.75) is 10.9 Å². The highest BCUT2D eigenvalue weighted by Crippen LogP contribution is 2.30. The maximum atomic E-state index is 14.6. The van der Waals surface area contributed by atoms with Crippen molar-refractivity contribution < 1.29 is 8.78 Å². The molecule has 2 aromatic carbocycles. The number of rotatable bonds is 5. The summed E-state index contributed by atoms with van der Waals surface area (Å²) in [6, 6.07) is 14.6. The number of halogens is 2. The summed E-state index contributed by atoms with van der Waals surface area (Å²) in [6.07, 6.45) is 5.43. The molecule has 0 spiro atoms. The number of nitrogens with zero attached hydrogens (tertiary/aromatic N) is 6. The fourth-order valence-corrected chi connectivity index (χ4v) is 3.93. The molecule has 0 radical (unpaired) electrons. The zero-order valence-electron chi connectivity index (χ0n) is 15.5. The molecule has 0 saturated carbocycles. The van der Waals surface area contributed by atoms with Crippen LogP contribution in [-0.2, 0) is 5.75 Å². The topological polar surface area (TPSA) is 60.9 Å². The van der Waals surface area contributed by atoms with E-state index in [1.807, 2.05) is 53.2 Å². The number of benzene rings is 2. The third-order valence-electron chi connectivity index (χ3n) is 4.45. The van der Waals surface area contributed by atoms with Crippen LogP contribution in [0.5, 0.6) is 0 Å². The summed E-state index contributed by atoms with van der Waals surface area (Å²) in [5.74, 6) is 0.228. The van der Waals surface area contributed by atoms with Gasteiger partial charge in [0.15, 0.2) is 11.0 Å². The monoisotopic (exact) mass is 420 g/mol. The highest BCUT2D eigenvalue weighted by atomic mass is 32.2. The van der Waals surface area contributed by atoms with Crippen LogP contribution in [0.4, 0.5) is 8.78 Å². The van der Waals surface area contributed by atoms with Gasteiger partial charge >= 0.3 is 0 Å². The Morgan fingerprint density at radius 2 is 1.83 bits per heavy atom. The molecular formula is C21H14F2N6S. The normalized spacial score (nSPS) is 11.3. The van der Waals surface area contributed by atoms with Crippen molar-refractivity contribution in [3.05, 3.63) is 90.5 Å². The van der Waals surface area contributed by atoms with Gasteiger partial charge in [0.2, 0.25) is 5.78 Å². The summed E-state index contributed by atoms with van der Waals surface area (Å²) in [6.45, 7) is 0. The molecule has 0 unspecified atom stereocenters. The van der Waals surface area contributed by atoms with E-state index in [4.69, 9.17) is 0 Å². The van der Waals surface area contributed by atoms with E-state index < -0.39 is 11.6 Å². The molecule has 0 bridgehead atoms. The van der Waals surface area contributed by atoms with Gasteiger partial charge in [-0.2, -0.15) is 0 Å². The molecule has 0 aliphatic heterocycles. The second kappa shape index (κ2) is 7.68. The minimum atomic E-state index is -0.689. The van der Waals surface area contributed by atoms with Crippen LogP contribution >= 0.6 is 11.8 Å². The molecule has 6 nitrogen and oxygen atoms in total. The third-order valence-corrected chi connectivity index (χ3v) is 5.41. The number of imidazole rings is 1. The lowest BCUT2D eigenvalue weighted by molar-refractivity contribution is 0.575. The molecule has 3 heterocycles. The van der Waals surface area contributed by atoms with Crippen LogP contribution in [0.25, 0.3) is 22.9 Å². The lowest BCUT2D eigenvalue weighted by atomic mass is 10.2. The van der Waals surface area contributed by atoms with E-state index in [2.05, 4.69) is 20.2 Å².